The van der Waals surface area contributed by atoms with Crippen molar-refractivity contribution < 1.29 is 17.4 Å². The van der Waals surface area contributed by atoms with E-state index in [0.717, 1.165) is 64.8 Å². The fourth-order valence-electron chi connectivity index (χ4n) is 3.79. The molecule has 0 atom stereocenters. The summed E-state index contributed by atoms with van der Waals surface area (Å²) in [5, 5.41) is 4.20. The summed E-state index contributed by atoms with van der Waals surface area (Å²) in [6.45, 7) is 2.76. The van der Waals surface area contributed by atoms with Crippen LogP contribution in [0.3, 0.4) is 0 Å². The number of carbonyl (C=O) groups is 1. The number of benzene rings is 2. The molecule has 0 aliphatic heterocycles. The standard InChI is InChI=1S/C25H32BrN5O4S/c1-30-23-9-8-21(31(14-12-26)15-16-35-36(2,33)34)17-22(23)29-25(30)11-13-28-18-20-5-3-19(4-6-20)7-10-24(27)32/h3-10,17,28H,11-16,18H2,1-2H3,(H2,27,32)/b10-7+. The Morgan fingerprint density at radius 2 is 1.97 bits per heavy atom. The number of hydrogen-bond donors (Lipinski definition) is 2. The molecule has 0 radical (unpaired) electrons. The molecular weight excluding hydrogens is 546 g/mol. The van der Waals surface area contributed by atoms with Gasteiger partial charge in [-0.25, -0.2) is 4.98 Å². The molecule has 11 heteroatoms. The highest BCUT2D eigenvalue weighted by atomic mass is 79.9. The molecule has 3 rings (SSSR count). The lowest BCUT2D eigenvalue weighted by atomic mass is 10.1. The fourth-order valence-corrected chi connectivity index (χ4v) is 4.59. The molecule has 0 saturated carbocycles. The van der Waals surface area contributed by atoms with Crippen LogP contribution in [0.15, 0.2) is 48.5 Å². The van der Waals surface area contributed by atoms with Crippen LogP contribution in [0.2, 0.25) is 0 Å². The number of primary amides is 1. The van der Waals surface area contributed by atoms with Crippen molar-refractivity contribution in [2.45, 2.75) is 13.0 Å². The minimum atomic E-state index is -3.47. The lowest BCUT2D eigenvalue weighted by Gasteiger charge is -2.23. The van der Waals surface area contributed by atoms with Crippen molar-refractivity contribution in [1.29, 1.82) is 0 Å². The Kier molecular flexibility index (Phi) is 10.1. The maximum Gasteiger partial charge on any atom is 0.264 e. The van der Waals surface area contributed by atoms with E-state index >= 15 is 0 Å². The van der Waals surface area contributed by atoms with Crippen molar-refractivity contribution >= 4 is 54.8 Å². The maximum atomic E-state index is 11.3. The van der Waals surface area contributed by atoms with Gasteiger partial charge in [0.15, 0.2) is 0 Å². The van der Waals surface area contributed by atoms with Gasteiger partial charge in [-0.2, -0.15) is 8.42 Å². The highest BCUT2D eigenvalue weighted by molar-refractivity contribution is 9.09. The molecule has 0 aliphatic carbocycles. The topological polar surface area (TPSA) is 120 Å². The summed E-state index contributed by atoms with van der Waals surface area (Å²) in [5.74, 6) is 0.517. The quantitative estimate of drug-likeness (QED) is 0.131. The van der Waals surface area contributed by atoms with Gasteiger partial charge in [-0.3, -0.25) is 8.98 Å². The summed E-state index contributed by atoms with van der Waals surface area (Å²) in [6, 6.07) is 14.0. The first-order valence-electron chi connectivity index (χ1n) is 11.5. The van der Waals surface area contributed by atoms with Crippen LogP contribution in [0.25, 0.3) is 17.1 Å². The third-order valence-corrected chi connectivity index (χ3v) is 6.56. The zero-order valence-electron chi connectivity index (χ0n) is 20.5. The van der Waals surface area contributed by atoms with Crippen LogP contribution in [-0.2, 0) is 39.1 Å². The summed E-state index contributed by atoms with van der Waals surface area (Å²) in [7, 11) is -1.46. The number of alkyl halides is 1. The molecule has 1 amide bonds. The van der Waals surface area contributed by atoms with Gasteiger partial charge in [-0.05, 0) is 35.4 Å². The van der Waals surface area contributed by atoms with Gasteiger partial charge in [-0.1, -0.05) is 40.2 Å². The Morgan fingerprint density at radius 1 is 1.22 bits per heavy atom. The maximum absolute atomic E-state index is 11.3. The third-order valence-electron chi connectivity index (χ3n) is 5.61. The number of fused-ring (bicyclic) bond motifs is 1. The minimum Gasteiger partial charge on any atom is -0.368 e. The summed E-state index contributed by atoms with van der Waals surface area (Å²) < 4.78 is 29.6. The van der Waals surface area contributed by atoms with Crippen molar-refractivity contribution in [2.75, 3.05) is 42.7 Å². The zero-order valence-corrected chi connectivity index (χ0v) is 22.9. The molecule has 0 saturated heterocycles. The van der Waals surface area contributed by atoms with Crippen LogP contribution >= 0.6 is 15.9 Å². The van der Waals surface area contributed by atoms with E-state index in [1.54, 1.807) is 6.08 Å². The van der Waals surface area contributed by atoms with Crippen molar-refractivity contribution in [1.82, 2.24) is 14.9 Å². The van der Waals surface area contributed by atoms with Crippen LogP contribution in [0.5, 0.6) is 0 Å². The molecule has 3 aromatic rings. The van der Waals surface area contributed by atoms with Crippen LogP contribution in [0.4, 0.5) is 5.69 Å². The number of imidazole rings is 1. The number of aromatic nitrogens is 2. The lowest BCUT2D eigenvalue weighted by Crippen LogP contribution is -2.29. The number of hydrogen-bond acceptors (Lipinski definition) is 7. The molecule has 0 spiro atoms. The molecule has 1 aromatic heterocycles. The van der Waals surface area contributed by atoms with E-state index in [9.17, 15) is 13.2 Å². The Bertz CT molecular complexity index is 1310. The third kappa shape index (κ3) is 8.44. The first-order chi connectivity index (χ1) is 17.2. The van der Waals surface area contributed by atoms with E-state index in [1.165, 1.54) is 6.08 Å². The summed E-state index contributed by atoms with van der Waals surface area (Å²) >= 11 is 3.46. The molecule has 194 valence electrons. The van der Waals surface area contributed by atoms with Gasteiger partial charge < -0.3 is 20.5 Å². The van der Waals surface area contributed by atoms with Crippen LogP contribution < -0.4 is 16.0 Å². The van der Waals surface area contributed by atoms with Gasteiger partial charge in [0.1, 0.15) is 5.82 Å². The van der Waals surface area contributed by atoms with E-state index in [2.05, 4.69) is 30.7 Å². The van der Waals surface area contributed by atoms with Gasteiger partial charge in [-0.15, -0.1) is 0 Å². The number of nitrogens with two attached hydrogens (primary N) is 1. The Hall–Kier alpha value is -2.73. The lowest BCUT2D eigenvalue weighted by molar-refractivity contribution is -0.113. The van der Waals surface area contributed by atoms with Gasteiger partial charge >= 0.3 is 0 Å². The number of aryl methyl sites for hydroxylation is 1. The largest absolute Gasteiger partial charge is 0.368 e. The molecule has 0 aliphatic rings. The second-order valence-corrected chi connectivity index (χ2v) is 10.8. The molecule has 0 bridgehead atoms. The first-order valence-corrected chi connectivity index (χ1v) is 14.5. The van der Waals surface area contributed by atoms with Crippen molar-refractivity contribution in [3.63, 3.8) is 0 Å². The Labute approximate surface area is 220 Å². The fraction of sp³-hybridized carbons (Fsp3) is 0.360. The van der Waals surface area contributed by atoms with Gasteiger partial charge in [0.2, 0.25) is 5.91 Å². The van der Waals surface area contributed by atoms with E-state index in [4.69, 9.17) is 14.9 Å². The zero-order chi connectivity index (χ0) is 26.1. The molecule has 3 N–H and O–H groups in total. The summed E-state index contributed by atoms with van der Waals surface area (Å²) in [5.41, 5.74) is 10.1. The van der Waals surface area contributed by atoms with Crippen LogP contribution in [0, 0.1) is 0 Å². The van der Waals surface area contributed by atoms with E-state index in [0.29, 0.717) is 13.1 Å². The SMILES string of the molecule is Cn1c(CCNCc2ccc(/C=C/C(N)=O)cc2)nc2cc(N(CCBr)CCOS(C)(=O)=O)ccc21. The first kappa shape index (κ1) is 27.9. The predicted molar refractivity (Wildman–Crippen MR) is 148 cm³/mol. The second-order valence-electron chi connectivity index (χ2n) is 8.37. The number of carbonyl (C=O) groups excluding carboxylic acids is 1. The van der Waals surface area contributed by atoms with Crippen LogP contribution in [0.1, 0.15) is 17.0 Å². The van der Waals surface area contributed by atoms with Gasteiger partial charge in [0.05, 0.1) is 23.9 Å². The molecule has 36 heavy (non-hydrogen) atoms. The van der Waals surface area contributed by atoms with Crippen molar-refractivity contribution in [3.05, 3.63) is 65.5 Å². The van der Waals surface area contributed by atoms with Crippen molar-refractivity contribution in [3.8, 4) is 0 Å². The van der Waals surface area contributed by atoms with E-state index in [1.807, 2.05) is 49.5 Å². The molecular formula is C25H32BrN5O4S. The number of nitrogens with zero attached hydrogens (tertiary/aromatic N) is 3. The van der Waals surface area contributed by atoms with Crippen molar-refractivity contribution in [2.24, 2.45) is 12.8 Å². The summed E-state index contributed by atoms with van der Waals surface area (Å²) in [4.78, 5) is 17.8. The number of anilines is 1. The number of nitrogens with one attached hydrogen (secondary N) is 1. The van der Waals surface area contributed by atoms with Crippen LogP contribution in [-0.4, -0.2) is 61.7 Å². The highest BCUT2D eigenvalue weighted by Crippen LogP contribution is 2.23. The predicted octanol–water partition coefficient (Wildman–Crippen LogP) is 2.58. The van der Waals surface area contributed by atoms with E-state index < -0.39 is 16.0 Å². The minimum absolute atomic E-state index is 0.0931. The number of halogens is 1. The molecule has 2 aromatic carbocycles. The molecule has 0 fully saturated rings. The molecule has 0 unspecified atom stereocenters. The summed E-state index contributed by atoms with van der Waals surface area (Å²) in [6.07, 6.45) is 4.87. The monoisotopic (exact) mass is 577 g/mol. The average Bonchev–Trinajstić information content (AvgIpc) is 3.14. The van der Waals surface area contributed by atoms with Gasteiger partial charge in [0, 0.05) is 56.7 Å². The number of amides is 1. The number of rotatable bonds is 14. The Morgan fingerprint density at radius 3 is 2.64 bits per heavy atom. The second kappa shape index (κ2) is 13.0. The smallest absolute Gasteiger partial charge is 0.264 e. The molecule has 9 nitrogen and oxygen atoms in total. The normalized spacial score (nSPS) is 12.0. The average molecular weight is 579 g/mol. The Balaban J connectivity index is 1.58. The van der Waals surface area contributed by atoms with E-state index in [-0.39, 0.29) is 6.61 Å². The molecule has 1 heterocycles. The van der Waals surface area contributed by atoms with Gasteiger partial charge in [0.25, 0.3) is 10.1 Å². The highest BCUT2D eigenvalue weighted by Gasteiger charge is 2.13.